The third-order valence-corrected chi connectivity index (χ3v) is 7.53. The molecule has 0 heterocycles. The van der Waals surface area contributed by atoms with Gasteiger partial charge in [0, 0.05) is 0 Å². The Morgan fingerprint density at radius 3 is 1.26 bits per heavy atom. The second-order valence-corrected chi connectivity index (χ2v) is 11.0. The van der Waals surface area contributed by atoms with Gasteiger partial charge in [0.05, 0.1) is 40.9 Å². The molecule has 27 heavy (non-hydrogen) atoms. The summed E-state index contributed by atoms with van der Waals surface area (Å²) in [5.74, 6) is 1.17. The fourth-order valence-electron chi connectivity index (χ4n) is 2.20. The van der Waals surface area contributed by atoms with Crippen molar-refractivity contribution in [1.29, 1.82) is 0 Å². The van der Waals surface area contributed by atoms with E-state index in [1.165, 1.54) is 0 Å². The second kappa shape index (κ2) is 10.1. The highest BCUT2D eigenvalue weighted by atomic mass is 79.9. The van der Waals surface area contributed by atoms with Crippen molar-refractivity contribution < 1.29 is 17.9 Å². The van der Waals surface area contributed by atoms with E-state index in [4.69, 9.17) is 9.47 Å². The molecule has 0 fully saturated rings. The maximum absolute atomic E-state index is 13.1. The van der Waals surface area contributed by atoms with Crippen LogP contribution in [-0.2, 0) is 9.84 Å². The molecule has 0 saturated heterocycles. The van der Waals surface area contributed by atoms with Crippen molar-refractivity contribution in [1.82, 2.24) is 0 Å². The molecule has 0 N–H and O–H groups in total. The van der Waals surface area contributed by atoms with Crippen molar-refractivity contribution in [3.8, 4) is 11.5 Å². The number of hydrogen-bond acceptors (Lipinski definition) is 4. The van der Waals surface area contributed by atoms with Crippen LogP contribution in [0.1, 0.15) is 26.7 Å². The lowest BCUT2D eigenvalue weighted by Crippen LogP contribution is -2.05. The maximum atomic E-state index is 13.1. The highest BCUT2D eigenvalue weighted by molar-refractivity contribution is 9.11. The Morgan fingerprint density at radius 1 is 0.704 bits per heavy atom. The zero-order valence-electron chi connectivity index (χ0n) is 14.7. The van der Waals surface area contributed by atoms with Crippen LogP contribution in [0.25, 0.3) is 0 Å². The predicted molar refractivity (Wildman–Crippen MR) is 121 cm³/mol. The van der Waals surface area contributed by atoms with E-state index in [1.807, 2.05) is 13.8 Å². The Labute approximate surface area is 193 Å². The van der Waals surface area contributed by atoms with Gasteiger partial charge in [0.25, 0.3) is 0 Å². The van der Waals surface area contributed by atoms with Gasteiger partial charge in [0.2, 0.25) is 9.84 Å². The topological polar surface area (TPSA) is 52.6 Å². The van der Waals surface area contributed by atoms with Crippen LogP contribution in [0.2, 0.25) is 0 Å². The van der Waals surface area contributed by atoms with Crippen LogP contribution >= 0.6 is 63.7 Å². The molecule has 9 heteroatoms. The van der Waals surface area contributed by atoms with Gasteiger partial charge in [-0.3, -0.25) is 0 Å². The lowest BCUT2D eigenvalue weighted by molar-refractivity contribution is 0.313. The number of hydrogen-bond donors (Lipinski definition) is 0. The Kier molecular flexibility index (Phi) is 8.67. The van der Waals surface area contributed by atoms with Crippen molar-refractivity contribution in [3.05, 3.63) is 42.2 Å². The molecule has 0 unspecified atom stereocenters. The van der Waals surface area contributed by atoms with E-state index in [2.05, 4.69) is 63.7 Å². The number of sulfone groups is 1. The van der Waals surface area contributed by atoms with Gasteiger partial charge in [-0.1, -0.05) is 13.8 Å². The van der Waals surface area contributed by atoms with E-state index < -0.39 is 9.84 Å². The zero-order chi connectivity index (χ0) is 20.2. The van der Waals surface area contributed by atoms with Crippen LogP contribution in [-0.4, -0.2) is 21.6 Å². The molecule has 0 aliphatic rings. The van der Waals surface area contributed by atoms with Crippen LogP contribution in [0.15, 0.2) is 51.9 Å². The normalized spacial score (nSPS) is 11.5. The molecule has 2 aromatic rings. The fraction of sp³-hybridized carbons (Fsp3) is 0.333. The number of benzene rings is 2. The summed E-state index contributed by atoms with van der Waals surface area (Å²) in [4.78, 5) is 0.317. The zero-order valence-corrected chi connectivity index (χ0v) is 21.9. The van der Waals surface area contributed by atoms with E-state index >= 15 is 0 Å². The number of halogens is 4. The van der Waals surface area contributed by atoms with Crippen molar-refractivity contribution in [3.63, 3.8) is 0 Å². The first-order chi connectivity index (χ1) is 12.7. The van der Waals surface area contributed by atoms with E-state index in [0.29, 0.717) is 42.6 Å². The van der Waals surface area contributed by atoms with Gasteiger partial charge in [-0.2, -0.15) is 0 Å². The molecule has 2 rings (SSSR count). The molecule has 0 aliphatic carbocycles. The van der Waals surface area contributed by atoms with Crippen LogP contribution in [0.4, 0.5) is 0 Å². The van der Waals surface area contributed by atoms with Crippen molar-refractivity contribution in [2.24, 2.45) is 0 Å². The highest BCUT2D eigenvalue weighted by Gasteiger charge is 2.23. The van der Waals surface area contributed by atoms with Crippen LogP contribution in [0.5, 0.6) is 11.5 Å². The molecule has 0 aliphatic heterocycles. The molecule has 4 nitrogen and oxygen atoms in total. The molecule has 0 atom stereocenters. The molecule has 0 aromatic heterocycles. The van der Waals surface area contributed by atoms with Crippen molar-refractivity contribution in [2.75, 3.05) is 13.2 Å². The molecule has 2 aromatic carbocycles. The van der Waals surface area contributed by atoms with Crippen molar-refractivity contribution >= 4 is 73.6 Å². The third-order valence-electron chi connectivity index (χ3n) is 3.47. The Balaban J connectivity index is 2.47. The fourth-order valence-corrected chi connectivity index (χ4v) is 7.00. The van der Waals surface area contributed by atoms with Gasteiger partial charge in [-0.05, 0) is 101 Å². The molecule has 0 spiro atoms. The monoisotopic (exact) mass is 646 g/mol. The summed E-state index contributed by atoms with van der Waals surface area (Å²) in [7, 11) is -3.73. The van der Waals surface area contributed by atoms with Gasteiger partial charge in [0.1, 0.15) is 11.5 Å². The lowest BCUT2D eigenvalue weighted by Gasteiger charge is -2.14. The minimum atomic E-state index is -3.73. The van der Waals surface area contributed by atoms with Crippen LogP contribution in [0.3, 0.4) is 0 Å². The lowest BCUT2D eigenvalue weighted by atomic mass is 10.3. The summed E-state index contributed by atoms with van der Waals surface area (Å²) in [5.41, 5.74) is 0. The average Bonchev–Trinajstić information content (AvgIpc) is 2.60. The van der Waals surface area contributed by atoms with E-state index in [0.717, 1.165) is 12.8 Å². The van der Waals surface area contributed by atoms with Gasteiger partial charge in [-0.15, -0.1) is 0 Å². The summed E-state index contributed by atoms with van der Waals surface area (Å²) in [6, 6.07) is 6.20. The highest BCUT2D eigenvalue weighted by Crippen LogP contribution is 2.40. The van der Waals surface area contributed by atoms with Gasteiger partial charge in [0.15, 0.2) is 0 Å². The minimum Gasteiger partial charge on any atom is -0.491 e. The minimum absolute atomic E-state index is 0.158. The first-order valence-electron chi connectivity index (χ1n) is 8.21. The molecule has 0 radical (unpaired) electrons. The molecule has 0 saturated carbocycles. The first-order valence-corrected chi connectivity index (χ1v) is 12.9. The molecular weight excluding hydrogens is 632 g/mol. The summed E-state index contributed by atoms with van der Waals surface area (Å²) < 4.78 is 39.9. The van der Waals surface area contributed by atoms with E-state index in [1.54, 1.807) is 24.3 Å². The van der Waals surface area contributed by atoms with Crippen LogP contribution in [0, 0.1) is 0 Å². The van der Waals surface area contributed by atoms with Gasteiger partial charge in [-0.25, -0.2) is 8.42 Å². The predicted octanol–water partition coefficient (Wildman–Crippen LogP) is 7.15. The largest absolute Gasteiger partial charge is 0.491 e. The Hall–Kier alpha value is -0.0900. The first kappa shape index (κ1) is 23.2. The Morgan fingerprint density at radius 2 is 1.00 bits per heavy atom. The Bertz CT molecular complexity index is 813. The van der Waals surface area contributed by atoms with E-state index in [-0.39, 0.29) is 9.79 Å². The number of ether oxygens (including phenoxy) is 2. The third kappa shape index (κ3) is 5.50. The second-order valence-electron chi connectivity index (χ2n) is 5.63. The van der Waals surface area contributed by atoms with E-state index in [9.17, 15) is 8.42 Å². The molecule has 148 valence electrons. The molecular formula is C18H18Br4O4S. The van der Waals surface area contributed by atoms with Gasteiger partial charge < -0.3 is 9.47 Å². The summed E-state index contributed by atoms with van der Waals surface area (Å²) in [6.45, 7) is 5.10. The standard InChI is InChI=1S/C18H18Br4O4S/c1-3-5-25-17-13(19)7-11(8-14(17)20)27(23,24)12-9-15(21)18(16(22)10-12)26-6-4-2/h7-10H,3-6H2,1-2H3. The summed E-state index contributed by atoms with van der Waals surface area (Å²) in [5, 5.41) is 0. The number of rotatable bonds is 8. The quantitative estimate of drug-likeness (QED) is 0.305. The smallest absolute Gasteiger partial charge is 0.206 e. The van der Waals surface area contributed by atoms with Crippen molar-refractivity contribution in [2.45, 2.75) is 36.5 Å². The molecule has 0 amide bonds. The maximum Gasteiger partial charge on any atom is 0.206 e. The molecule has 0 bridgehead atoms. The summed E-state index contributed by atoms with van der Waals surface area (Å²) >= 11 is 13.6. The summed E-state index contributed by atoms with van der Waals surface area (Å²) in [6.07, 6.45) is 1.71. The SMILES string of the molecule is CCCOc1c(Br)cc(S(=O)(=O)c2cc(Br)c(OCCC)c(Br)c2)cc1Br. The van der Waals surface area contributed by atoms with Crippen LogP contribution < -0.4 is 9.47 Å². The van der Waals surface area contributed by atoms with Gasteiger partial charge >= 0.3 is 0 Å². The average molecular weight is 650 g/mol.